The Labute approximate surface area is 184 Å². The molecule has 170 valence electrons. The van der Waals surface area contributed by atoms with Gasteiger partial charge in [0.05, 0.1) is 12.2 Å². The van der Waals surface area contributed by atoms with Gasteiger partial charge in [-0.05, 0) is 50.9 Å². The molecule has 1 atom stereocenters. The Balaban J connectivity index is 1.57. The number of nitrogens with zero attached hydrogens (tertiary/aromatic N) is 3. The van der Waals surface area contributed by atoms with E-state index in [1.807, 2.05) is 16.8 Å². The lowest BCUT2D eigenvalue weighted by atomic mass is 9.88. The molecule has 3 N–H and O–H groups in total. The monoisotopic (exact) mass is 446 g/mol. The predicted molar refractivity (Wildman–Crippen MR) is 124 cm³/mol. The molecule has 2 amide bonds. The first-order valence-corrected chi connectivity index (χ1v) is 14.6. The van der Waals surface area contributed by atoms with Crippen molar-refractivity contribution in [2.24, 2.45) is 5.92 Å². The van der Waals surface area contributed by atoms with E-state index in [4.69, 9.17) is 4.74 Å². The molecule has 0 bridgehead atoms. The van der Waals surface area contributed by atoms with Gasteiger partial charge in [0.25, 0.3) is 0 Å². The third-order valence-electron chi connectivity index (χ3n) is 5.51. The molecule has 3 rings (SSSR count). The molecule has 2 aromatic rings. The number of ether oxygens (including phenoxy) is 1. The Morgan fingerprint density at radius 2 is 2.06 bits per heavy atom. The van der Waals surface area contributed by atoms with Gasteiger partial charge in [0.2, 0.25) is 0 Å². The highest BCUT2D eigenvalue weighted by Crippen LogP contribution is 2.18. The Morgan fingerprint density at radius 3 is 2.74 bits per heavy atom. The van der Waals surface area contributed by atoms with Crippen LogP contribution in [0.5, 0.6) is 0 Å². The molecule has 1 aliphatic heterocycles. The van der Waals surface area contributed by atoms with Crippen molar-refractivity contribution in [3.63, 3.8) is 0 Å². The molecule has 0 aliphatic carbocycles. The molecule has 2 aromatic heterocycles. The maximum atomic E-state index is 12.5. The van der Waals surface area contributed by atoms with E-state index in [0.29, 0.717) is 23.7 Å². The minimum atomic E-state index is -1.12. The Morgan fingerprint density at radius 1 is 1.32 bits per heavy atom. The third-order valence-corrected chi connectivity index (χ3v) is 7.22. The first-order valence-electron chi connectivity index (χ1n) is 10.9. The second-order valence-electron chi connectivity index (χ2n) is 9.37. The number of fused-ring (bicyclic) bond motifs is 1. The predicted octanol–water partition coefficient (Wildman–Crippen LogP) is 2.82. The van der Waals surface area contributed by atoms with E-state index < -0.39 is 20.1 Å². The lowest BCUT2D eigenvalue weighted by Gasteiger charge is -2.29. The molecule has 1 aliphatic rings. The topological polar surface area (TPSA) is 110 Å². The van der Waals surface area contributed by atoms with E-state index in [1.54, 1.807) is 0 Å². The smallest absolute Gasteiger partial charge is 0.321 e. The van der Waals surface area contributed by atoms with Crippen molar-refractivity contribution in [2.45, 2.75) is 58.2 Å². The maximum absolute atomic E-state index is 12.5. The van der Waals surface area contributed by atoms with E-state index in [-0.39, 0.29) is 11.7 Å². The molecular weight excluding hydrogens is 412 g/mol. The normalized spacial score (nSPS) is 16.3. The largest absolute Gasteiger partial charge is 0.361 e. The Hall–Kier alpha value is -2.30. The minimum Gasteiger partial charge on any atom is -0.361 e. The van der Waals surface area contributed by atoms with Gasteiger partial charge in [0.1, 0.15) is 12.2 Å². The van der Waals surface area contributed by atoms with Gasteiger partial charge >= 0.3 is 6.03 Å². The quantitative estimate of drug-likeness (QED) is 0.404. The van der Waals surface area contributed by atoms with Crippen LogP contribution in [0.15, 0.2) is 18.5 Å². The highest BCUT2D eigenvalue weighted by atomic mass is 28.3. The molecule has 1 unspecified atom stereocenters. The van der Waals surface area contributed by atoms with Crippen molar-refractivity contribution in [3.8, 4) is 0 Å². The van der Waals surface area contributed by atoms with Gasteiger partial charge in [0.15, 0.2) is 17.2 Å². The lowest BCUT2D eigenvalue weighted by molar-refractivity contribution is -0.120. The summed E-state index contributed by atoms with van der Waals surface area (Å²) in [6, 6.07) is 2.02. The van der Waals surface area contributed by atoms with Crippen LogP contribution in [-0.4, -0.2) is 60.2 Å². The number of hydrogen-bond donors (Lipinski definition) is 3. The first kappa shape index (κ1) is 23.4. The summed E-state index contributed by atoms with van der Waals surface area (Å²) in [6.45, 7) is 11.4. The summed E-state index contributed by atoms with van der Waals surface area (Å²) in [6.07, 6.45) is 5.13. The third kappa shape index (κ3) is 6.84. The van der Waals surface area contributed by atoms with Gasteiger partial charge in [-0.3, -0.25) is 10.1 Å². The summed E-state index contributed by atoms with van der Waals surface area (Å²) in [4.78, 5) is 33.5. The van der Waals surface area contributed by atoms with Crippen LogP contribution in [0.1, 0.15) is 19.8 Å². The van der Waals surface area contributed by atoms with Crippen molar-refractivity contribution in [1.29, 1.82) is 0 Å². The molecule has 0 saturated carbocycles. The molecule has 0 aromatic carbocycles. The Kier molecular flexibility index (Phi) is 7.79. The number of carbonyl (C=O) groups is 2. The van der Waals surface area contributed by atoms with Crippen LogP contribution in [0.25, 0.3) is 11.2 Å². The van der Waals surface area contributed by atoms with Gasteiger partial charge in [-0.1, -0.05) is 19.6 Å². The van der Waals surface area contributed by atoms with Crippen molar-refractivity contribution in [1.82, 2.24) is 25.2 Å². The molecule has 1 saturated heterocycles. The molecule has 9 nitrogen and oxygen atoms in total. The summed E-state index contributed by atoms with van der Waals surface area (Å²) in [7, 11) is -1.12. The van der Waals surface area contributed by atoms with Crippen LogP contribution >= 0.6 is 0 Å². The second kappa shape index (κ2) is 10.3. The molecule has 0 spiro atoms. The number of urea groups is 1. The first-order chi connectivity index (χ1) is 14.7. The molecular formula is C21H34N6O3Si. The zero-order valence-electron chi connectivity index (χ0n) is 18.9. The van der Waals surface area contributed by atoms with E-state index in [1.165, 1.54) is 13.1 Å². The number of anilines is 1. The standard InChI is InChI=1S/C21H34N6O3Si/c1-15(28)19(16-5-8-22-9-6-16)26-21(29)25-18-13-23-20-17(24-18)7-10-27(20)14-30-11-12-31(2,3)4/h7,10,13,16,19,22H,5-6,8-9,11-12,14H2,1-4H3,(H2,24,25,26,29). The van der Waals surface area contributed by atoms with E-state index in [0.717, 1.165) is 38.6 Å². The highest BCUT2D eigenvalue weighted by Gasteiger charge is 2.28. The fourth-order valence-electron chi connectivity index (χ4n) is 3.69. The summed E-state index contributed by atoms with van der Waals surface area (Å²) in [5, 5.41) is 8.80. The molecule has 3 heterocycles. The van der Waals surface area contributed by atoms with Crippen LogP contribution < -0.4 is 16.0 Å². The van der Waals surface area contributed by atoms with E-state index >= 15 is 0 Å². The fraction of sp³-hybridized carbons (Fsp3) is 0.619. The zero-order chi connectivity index (χ0) is 22.4. The number of hydrogen-bond acceptors (Lipinski definition) is 6. The molecule has 1 fully saturated rings. The van der Waals surface area contributed by atoms with Crippen LogP contribution in [0.3, 0.4) is 0 Å². The van der Waals surface area contributed by atoms with E-state index in [2.05, 4.69) is 45.6 Å². The number of rotatable bonds is 9. The van der Waals surface area contributed by atoms with Crippen LogP contribution in [0.2, 0.25) is 25.7 Å². The van der Waals surface area contributed by atoms with Gasteiger partial charge in [-0.2, -0.15) is 0 Å². The van der Waals surface area contributed by atoms with Gasteiger partial charge in [-0.25, -0.2) is 14.8 Å². The van der Waals surface area contributed by atoms with E-state index in [9.17, 15) is 9.59 Å². The van der Waals surface area contributed by atoms with Crippen molar-refractivity contribution in [3.05, 3.63) is 18.5 Å². The Bertz CT molecular complexity index is 904. The average Bonchev–Trinajstić information content (AvgIpc) is 3.11. The summed E-state index contributed by atoms with van der Waals surface area (Å²) >= 11 is 0. The zero-order valence-corrected chi connectivity index (χ0v) is 19.9. The maximum Gasteiger partial charge on any atom is 0.321 e. The summed E-state index contributed by atoms with van der Waals surface area (Å²) in [5.74, 6) is 0.456. The number of Topliss-reactive ketones (excluding diaryl/α,β-unsaturated/α-hetero) is 1. The summed E-state index contributed by atoms with van der Waals surface area (Å²) in [5.41, 5.74) is 1.38. The number of aromatic nitrogens is 3. The van der Waals surface area contributed by atoms with Crippen molar-refractivity contribution in [2.75, 3.05) is 25.0 Å². The van der Waals surface area contributed by atoms with Crippen molar-refractivity contribution >= 4 is 36.9 Å². The average molecular weight is 447 g/mol. The van der Waals surface area contributed by atoms with Gasteiger partial charge < -0.3 is 19.9 Å². The lowest BCUT2D eigenvalue weighted by Crippen LogP contribution is -2.49. The number of carbonyl (C=O) groups excluding carboxylic acids is 2. The summed E-state index contributed by atoms with van der Waals surface area (Å²) < 4.78 is 7.70. The fourth-order valence-corrected chi connectivity index (χ4v) is 4.45. The molecule has 0 radical (unpaired) electrons. The highest BCUT2D eigenvalue weighted by molar-refractivity contribution is 6.76. The van der Waals surface area contributed by atoms with Crippen LogP contribution in [0.4, 0.5) is 10.6 Å². The number of ketones is 1. The van der Waals surface area contributed by atoms with Gasteiger partial charge in [0, 0.05) is 20.9 Å². The second-order valence-corrected chi connectivity index (χ2v) is 15.0. The molecule has 31 heavy (non-hydrogen) atoms. The van der Waals surface area contributed by atoms with Crippen LogP contribution in [0, 0.1) is 5.92 Å². The SMILES string of the molecule is CC(=O)C(NC(=O)Nc1cnc2c(ccn2COCC[Si](C)(C)C)n1)C1CCNCC1. The van der Waals surface area contributed by atoms with Crippen molar-refractivity contribution < 1.29 is 14.3 Å². The number of amides is 2. The number of nitrogens with one attached hydrogen (secondary N) is 3. The van der Waals surface area contributed by atoms with Crippen LogP contribution in [-0.2, 0) is 16.3 Å². The molecule has 10 heteroatoms. The number of piperidine rings is 1. The van der Waals surface area contributed by atoms with Gasteiger partial charge in [-0.15, -0.1) is 0 Å². The minimum absolute atomic E-state index is 0.0326.